The Morgan fingerprint density at radius 1 is 1.07 bits per heavy atom. The van der Waals surface area contributed by atoms with Crippen LogP contribution in [-0.2, 0) is 9.59 Å². The molecular formula is C28H27N9O4. The Hall–Kier alpha value is -5.30. The number of rotatable bonds is 6. The van der Waals surface area contributed by atoms with Crippen molar-refractivity contribution >= 4 is 40.3 Å². The molecule has 0 bridgehead atoms. The lowest BCUT2D eigenvalue weighted by Gasteiger charge is -2.39. The number of carbonyl (C=O) groups is 3. The fourth-order valence-electron chi connectivity index (χ4n) is 4.90. The topological polar surface area (TPSA) is 148 Å². The average molecular weight is 554 g/mol. The van der Waals surface area contributed by atoms with Crippen LogP contribution in [0.1, 0.15) is 29.0 Å². The van der Waals surface area contributed by atoms with Crippen LogP contribution in [-0.4, -0.2) is 75.1 Å². The van der Waals surface area contributed by atoms with Gasteiger partial charge in [0, 0.05) is 44.5 Å². The average Bonchev–Trinajstić information content (AvgIpc) is 3.60. The molecule has 1 fully saturated rings. The number of hydrazine groups is 2. The lowest BCUT2D eigenvalue weighted by atomic mass is 10.0. The molecule has 2 aliphatic rings. The van der Waals surface area contributed by atoms with Gasteiger partial charge in [-0.05, 0) is 35.9 Å². The Balaban J connectivity index is 1.19. The molecule has 1 saturated heterocycles. The van der Waals surface area contributed by atoms with E-state index in [4.69, 9.17) is 4.42 Å². The van der Waals surface area contributed by atoms with E-state index in [1.54, 1.807) is 47.4 Å². The van der Waals surface area contributed by atoms with E-state index in [-0.39, 0.29) is 30.0 Å². The van der Waals surface area contributed by atoms with E-state index in [9.17, 15) is 14.4 Å². The minimum atomic E-state index is -0.440. The number of amidine groups is 1. The summed E-state index contributed by atoms with van der Waals surface area (Å²) in [6, 6.07) is 17.7. The number of nitrogens with zero attached hydrogens (tertiary/aromatic N) is 6. The number of carbonyl (C=O) groups excluding carboxylic acids is 3. The van der Waals surface area contributed by atoms with E-state index in [0.29, 0.717) is 47.2 Å². The second kappa shape index (κ2) is 10.7. The minimum Gasteiger partial charge on any atom is -0.436 e. The summed E-state index contributed by atoms with van der Waals surface area (Å²) in [4.78, 5) is 50.2. The third kappa shape index (κ3) is 5.30. The van der Waals surface area contributed by atoms with Crippen LogP contribution in [0.2, 0.25) is 0 Å². The van der Waals surface area contributed by atoms with Gasteiger partial charge in [-0.1, -0.05) is 30.3 Å². The van der Waals surface area contributed by atoms with Crippen molar-refractivity contribution in [2.75, 3.05) is 32.0 Å². The fraction of sp³-hybridized carbons (Fsp3) is 0.214. The van der Waals surface area contributed by atoms with Crippen molar-refractivity contribution in [3.05, 3.63) is 78.1 Å². The number of oxazole rings is 1. The number of hydrogen-bond donors (Lipinski definition) is 3. The van der Waals surface area contributed by atoms with Gasteiger partial charge in [-0.15, -0.1) is 10.2 Å². The van der Waals surface area contributed by atoms with E-state index in [0.717, 1.165) is 5.56 Å². The first kappa shape index (κ1) is 26.0. The number of piperazine rings is 1. The molecule has 1 unspecified atom stereocenters. The molecule has 41 heavy (non-hydrogen) atoms. The molecule has 0 saturated carbocycles. The van der Waals surface area contributed by atoms with E-state index >= 15 is 0 Å². The molecule has 4 heterocycles. The van der Waals surface area contributed by atoms with Crippen LogP contribution in [0.4, 0.5) is 5.69 Å². The van der Waals surface area contributed by atoms with Crippen LogP contribution in [0.25, 0.3) is 22.6 Å². The maximum Gasteiger partial charge on any atom is 0.272 e. The van der Waals surface area contributed by atoms with E-state index in [1.807, 2.05) is 30.3 Å². The zero-order valence-corrected chi connectivity index (χ0v) is 22.4. The molecule has 13 heteroatoms. The summed E-state index contributed by atoms with van der Waals surface area (Å²) in [7, 11) is 1.78. The summed E-state index contributed by atoms with van der Waals surface area (Å²) in [5.74, 6) is 0.143. The number of hydrogen-bond acceptors (Lipinski definition) is 10. The van der Waals surface area contributed by atoms with Gasteiger partial charge in [0.2, 0.25) is 17.7 Å². The van der Waals surface area contributed by atoms with Crippen LogP contribution in [0.3, 0.4) is 0 Å². The number of hydrazone groups is 1. The summed E-state index contributed by atoms with van der Waals surface area (Å²) in [5.41, 5.74) is 9.31. The molecule has 6 rings (SSSR count). The lowest BCUT2D eigenvalue weighted by molar-refractivity contribution is -0.136. The molecule has 13 nitrogen and oxygen atoms in total. The smallest absolute Gasteiger partial charge is 0.272 e. The Kier molecular flexibility index (Phi) is 6.77. The predicted octanol–water partition coefficient (Wildman–Crippen LogP) is 2.14. The number of anilines is 1. The summed E-state index contributed by atoms with van der Waals surface area (Å²) in [6.45, 7) is 1.97. The highest BCUT2D eigenvalue weighted by Crippen LogP contribution is 2.28. The zero-order valence-electron chi connectivity index (χ0n) is 22.4. The molecular weight excluding hydrogens is 526 g/mol. The van der Waals surface area contributed by atoms with Crippen molar-refractivity contribution in [2.45, 2.75) is 13.0 Å². The van der Waals surface area contributed by atoms with Crippen molar-refractivity contribution in [3.63, 3.8) is 0 Å². The highest BCUT2D eigenvalue weighted by molar-refractivity contribution is 5.98. The quantitative estimate of drug-likeness (QED) is 0.327. The summed E-state index contributed by atoms with van der Waals surface area (Å²) >= 11 is 0. The first-order chi connectivity index (χ1) is 19.9. The van der Waals surface area contributed by atoms with Gasteiger partial charge in [-0.2, -0.15) is 0 Å². The van der Waals surface area contributed by atoms with Gasteiger partial charge in [0.15, 0.2) is 11.4 Å². The number of benzene rings is 2. The van der Waals surface area contributed by atoms with E-state index in [1.165, 1.54) is 18.0 Å². The van der Waals surface area contributed by atoms with Gasteiger partial charge in [-0.3, -0.25) is 24.8 Å². The van der Waals surface area contributed by atoms with Crippen LogP contribution in [0, 0.1) is 0 Å². The molecule has 1 atom stereocenters. The third-order valence-corrected chi connectivity index (χ3v) is 6.77. The Bertz CT molecular complexity index is 1670. The summed E-state index contributed by atoms with van der Waals surface area (Å²) in [6.07, 6.45) is 1.51. The van der Waals surface area contributed by atoms with Crippen molar-refractivity contribution in [1.82, 2.24) is 35.8 Å². The Morgan fingerprint density at radius 3 is 2.63 bits per heavy atom. The van der Waals surface area contributed by atoms with Crippen LogP contribution >= 0.6 is 0 Å². The van der Waals surface area contributed by atoms with Crippen LogP contribution in [0.5, 0.6) is 0 Å². The van der Waals surface area contributed by atoms with Crippen molar-refractivity contribution in [2.24, 2.45) is 5.10 Å². The molecule has 3 N–H and O–H groups in total. The third-order valence-electron chi connectivity index (χ3n) is 6.77. The first-order valence-corrected chi connectivity index (χ1v) is 13.0. The molecule has 4 aromatic rings. The van der Waals surface area contributed by atoms with Gasteiger partial charge in [0.05, 0.1) is 0 Å². The van der Waals surface area contributed by atoms with Gasteiger partial charge in [0.1, 0.15) is 23.8 Å². The van der Waals surface area contributed by atoms with Gasteiger partial charge < -0.3 is 19.5 Å². The van der Waals surface area contributed by atoms with Gasteiger partial charge in [0.25, 0.3) is 5.91 Å². The first-order valence-electron chi connectivity index (χ1n) is 13.0. The lowest BCUT2D eigenvalue weighted by Crippen LogP contribution is -2.55. The number of aromatic nitrogens is 2. The fourth-order valence-corrected chi connectivity index (χ4v) is 4.90. The second-order valence-corrected chi connectivity index (χ2v) is 9.71. The standard InChI is InChI=1S/C28H27N9O4/c1-17(38)30-20-8-9-23-21(15-20)31-27(41-23)19-10-11-29-22(14-19)28(40)36-12-13-37(24(39)16-36)25(18-6-4-3-5-7-18)26-32-34-35(2)33-26/h3-11,14-15,25,34H,12-13,16H2,1-2H3,(H,30,38)(H,32,33). The SMILES string of the molecule is CC(=O)Nc1ccc2oc(-c3ccnc(C(=O)N4CCN(C(C5=NNN(C)N5)c5ccccc5)C(=O)C4)c3)nc2c1. The Labute approximate surface area is 234 Å². The normalized spacial score (nSPS) is 16.2. The van der Waals surface area contributed by atoms with Gasteiger partial charge >= 0.3 is 0 Å². The van der Waals surface area contributed by atoms with Crippen LogP contribution < -0.4 is 16.3 Å². The maximum absolute atomic E-state index is 13.4. The molecule has 2 aromatic heterocycles. The number of amides is 3. The van der Waals surface area contributed by atoms with Crippen molar-refractivity contribution in [1.29, 1.82) is 0 Å². The van der Waals surface area contributed by atoms with Crippen molar-refractivity contribution in [3.8, 4) is 11.5 Å². The molecule has 208 valence electrons. The molecule has 0 radical (unpaired) electrons. The molecule has 2 aliphatic heterocycles. The molecule has 3 amide bonds. The predicted molar refractivity (Wildman–Crippen MR) is 150 cm³/mol. The maximum atomic E-state index is 13.4. The van der Waals surface area contributed by atoms with Crippen LogP contribution in [0.15, 0.2) is 76.4 Å². The number of nitrogens with one attached hydrogen (secondary N) is 3. The summed E-state index contributed by atoms with van der Waals surface area (Å²) < 4.78 is 5.89. The minimum absolute atomic E-state index is 0.0978. The highest BCUT2D eigenvalue weighted by atomic mass is 16.3. The van der Waals surface area contributed by atoms with E-state index < -0.39 is 6.04 Å². The second-order valence-electron chi connectivity index (χ2n) is 9.71. The molecule has 0 spiro atoms. The highest BCUT2D eigenvalue weighted by Gasteiger charge is 2.37. The number of fused-ring (bicyclic) bond motifs is 1. The summed E-state index contributed by atoms with van der Waals surface area (Å²) in [5, 5.41) is 8.66. The largest absolute Gasteiger partial charge is 0.436 e. The molecule has 2 aromatic carbocycles. The number of pyridine rings is 1. The monoisotopic (exact) mass is 553 g/mol. The van der Waals surface area contributed by atoms with Crippen molar-refractivity contribution < 1.29 is 18.8 Å². The zero-order chi connectivity index (χ0) is 28.5. The Morgan fingerprint density at radius 2 is 1.90 bits per heavy atom. The van der Waals surface area contributed by atoms with E-state index in [2.05, 4.69) is 31.3 Å². The van der Waals surface area contributed by atoms with Gasteiger partial charge in [-0.25, -0.2) is 10.5 Å². The molecule has 0 aliphatic carbocycles.